The first-order chi connectivity index (χ1) is 12.7. The van der Waals surface area contributed by atoms with Crippen molar-refractivity contribution in [3.8, 4) is 0 Å². The lowest BCUT2D eigenvalue weighted by molar-refractivity contribution is -0.137. The van der Waals surface area contributed by atoms with Crippen LogP contribution in [0.25, 0.3) is 0 Å². The number of aliphatic hydroxyl groups is 1. The molecule has 0 saturated heterocycles. The number of carbonyl (C=O) groups is 1. The second-order valence-corrected chi connectivity index (χ2v) is 8.55. The van der Waals surface area contributed by atoms with Crippen molar-refractivity contribution in [2.24, 2.45) is 5.73 Å². The number of unbranched alkanes of at least 4 members (excludes halogenated alkanes) is 15. The molecule has 0 aliphatic heterocycles. The number of carboxylic acid groups (broad SMARTS) is 1. The van der Waals surface area contributed by atoms with Crippen molar-refractivity contribution in [3.63, 3.8) is 0 Å². The maximum absolute atomic E-state index is 10.6. The Hall–Kier alpha value is -0.260. The minimum absolute atomic E-state index is 0.350. The van der Waals surface area contributed by atoms with Crippen LogP contribution in [0, 0.1) is 0 Å². The van der Waals surface area contributed by atoms with E-state index in [2.05, 4.69) is 0 Å². The molecule has 0 rings (SSSR count). The van der Waals surface area contributed by atoms with Crippen molar-refractivity contribution in [2.45, 2.75) is 109 Å². The van der Waals surface area contributed by atoms with E-state index in [0.29, 0.717) is 12.4 Å². The van der Waals surface area contributed by atoms with Crippen molar-refractivity contribution in [2.75, 3.05) is 18.1 Å². The van der Waals surface area contributed by atoms with Crippen molar-refractivity contribution in [1.82, 2.24) is 0 Å². The first kappa shape index (κ1) is 25.7. The van der Waals surface area contributed by atoms with Crippen LogP contribution in [-0.4, -0.2) is 40.3 Å². The Balaban J connectivity index is 3.04. The lowest BCUT2D eigenvalue weighted by Gasteiger charge is -2.06. The van der Waals surface area contributed by atoms with Crippen LogP contribution in [0.5, 0.6) is 0 Å². The maximum Gasteiger partial charge on any atom is 0.321 e. The lowest BCUT2D eigenvalue weighted by atomic mass is 10.0. The van der Waals surface area contributed by atoms with Crippen molar-refractivity contribution < 1.29 is 15.0 Å². The third kappa shape index (κ3) is 20.1. The van der Waals surface area contributed by atoms with E-state index in [9.17, 15) is 4.79 Å². The average molecular weight is 390 g/mol. The number of aliphatic carboxylic acids is 1. The highest BCUT2D eigenvalue weighted by molar-refractivity contribution is 7.99. The van der Waals surface area contributed by atoms with E-state index in [-0.39, 0.29) is 0 Å². The van der Waals surface area contributed by atoms with E-state index in [4.69, 9.17) is 15.9 Å². The lowest BCUT2D eigenvalue weighted by Crippen LogP contribution is -2.32. The van der Waals surface area contributed by atoms with Crippen LogP contribution in [-0.2, 0) is 4.79 Å². The molecule has 0 bridgehead atoms. The van der Waals surface area contributed by atoms with Gasteiger partial charge in [0.05, 0.1) is 0 Å². The summed E-state index contributed by atoms with van der Waals surface area (Å²) in [6.45, 7) is 0.350. The minimum atomic E-state index is -0.897. The normalized spacial score (nSPS) is 12.4. The molecule has 0 radical (unpaired) electrons. The summed E-state index contributed by atoms with van der Waals surface area (Å²) >= 11 is 1.66. The van der Waals surface area contributed by atoms with Crippen molar-refractivity contribution >= 4 is 17.7 Å². The standard InChI is InChI=1S/C21H43NO3S/c22-20(21(24)25)19-26-18-16-14-12-10-8-6-4-2-1-3-5-7-9-11-13-15-17-23/h20,23H,1-19,22H2,(H,24,25)/t20-/m0/s1. The van der Waals surface area contributed by atoms with Crippen LogP contribution in [0.4, 0.5) is 0 Å². The summed E-state index contributed by atoms with van der Waals surface area (Å²) in [6, 6.07) is -0.711. The molecule has 1 atom stereocenters. The van der Waals surface area contributed by atoms with Crippen LogP contribution in [0.2, 0.25) is 0 Å². The molecule has 4 nitrogen and oxygen atoms in total. The Bertz CT molecular complexity index is 303. The van der Waals surface area contributed by atoms with E-state index in [0.717, 1.165) is 12.2 Å². The van der Waals surface area contributed by atoms with Gasteiger partial charge in [0.1, 0.15) is 6.04 Å². The van der Waals surface area contributed by atoms with Gasteiger partial charge in [0, 0.05) is 12.4 Å². The van der Waals surface area contributed by atoms with Gasteiger partial charge in [-0.15, -0.1) is 0 Å². The highest BCUT2D eigenvalue weighted by Gasteiger charge is 2.10. The van der Waals surface area contributed by atoms with E-state index in [1.807, 2.05) is 0 Å². The molecule has 0 aliphatic rings. The topological polar surface area (TPSA) is 83.5 Å². The maximum atomic E-state index is 10.6. The third-order valence-corrected chi connectivity index (χ3v) is 5.98. The smallest absolute Gasteiger partial charge is 0.321 e. The summed E-state index contributed by atoms with van der Waals surface area (Å²) < 4.78 is 0. The minimum Gasteiger partial charge on any atom is -0.480 e. The molecule has 156 valence electrons. The van der Waals surface area contributed by atoms with Crippen molar-refractivity contribution in [3.05, 3.63) is 0 Å². The SMILES string of the molecule is N[C@@H](CSCCCCCCCCCCCCCCCCCCO)C(=O)O. The molecule has 0 fully saturated rings. The fourth-order valence-electron chi connectivity index (χ4n) is 3.07. The number of rotatable bonds is 21. The van der Waals surface area contributed by atoms with Crippen LogP contribution < -0.4 is 5.73 Å². The van der Waals surface area contributed by atoms with Gasteiger partial charge >= 0.3 is 5.97 Å². The number of hydrogen-bond acceptors (Lipinski definition) is 4. The number of thioether (sulfide) groups is 1. The van der Waals surface area contributed by atoms with E-state index < -0.39 is 12.0 Å². The number of hydrogen-bond donors (Lipinski definition) is 3. The molecule has 0 saturated carbocycles. The van der Waals surface area contributed by atoms with Crippen LogP contribution in [0.1, 0.15) is 103 Å². The van der Waals surface area contributed by atoms with Crippen LogP contribution >= 0.6 is 11.8 Å². The molecule has 5 heteroatoms. The van der Waals surface area contributed by atoms with Gasteiger partial charge in [-0.2, -0.15) is 11.8 Å². The molecule has 4 N–H and O–H groups in total. The highest BCUT2D eigenvalue weighted by Crippen LogP contribution is 2.14. The van der Waals surface area contributed by atoms with Gasteiger partial charge in [0.25, 0.3) is 0 Å². The van der Waals surface area contributed by atoms with Gasteiger partial charge in [-0.05, 0) is 18.6 Å². The van der Waals surface area contributed by atoms with Gasteiger partial charge < -0.3 is 15.9 Å². The Labute approximate surface area is 165 Å². The number of carboxylic acids is 1. The molecule has 0 aliphatic carbocycles. The molecule has 0 aromatic carbocycles. The molecule has 26 heavy (non-hydrogen) atoms. The Kier molecular flexibility index (Phi) is 20.8. The Morgan fingerprint density at radius 3 is 1.38 bits per heavy atom. The van der Waals surface area contributed by atoms with Gasteiger partial charge in [-0.1, -0.05) is 89.9 Å². The molecule has 0 amide bonds. The summed E-state index contributed by atoms with van der Waals surface area (Å²) in [5.74, 6) is 0.660. The quantitative estimate of drug-likeness (QED) is 0.230. The predicted molar refractivity (Wildman–Crippen MR) is 114 cm³/mol. The zero-order chi connectivity index (χ0) is 19.3. The zero-order valence-corrected chi connectivity index (χ0v) is 17.6. The predicted octanol–water partition coefficient (Wildman–Crippen LogP) is 5.37. The van der Waals surface area contributed by atoms with E-state index in [1.165, 1.54) is 96.3 Å². The second kappa shape index (κ2) is 21.0. The van der Waals surface area contributed by atoms with Gasteiger partial charge in [-0.3, -0.25) is 4.79 Å². The van der Waals surface area contributed by atoms with E-state index in [1.54, 1.807) is 11.8 Å². The fourth-order valence-corrected chi connectivity index (χ4v) is 4.04. The summed E-state index contributed by atoms with van der Waals surface area (Å²) in [7, 11) is 0. The van der Waals surface area contributed by atoms with Gasteiger partial charge in [0.2, 0.25) is 0 Å². The van der Waals surface area contributed by atoms with Crippen molar-refractivity contribution in [1.29, 1.82) is 0 Å². The molecule has 0 spiro atoms. The largest absolute Gasteiger partial charge is 0.480 e. The fraction of sp³-hybridized carbons (Fsp3) is 0.952. The molecular weight excluding hydrogens is 346 g/mol. The van der Waals surface area contributed by atoms with Crippen LogP contribution in [0.3, 0.4) is 0 Å². The second-order valence-electron chi connectivity index (χ2n) is 7.40. The Morgan fingerprint density at radius 2 is 1.04 bits per heavy atom. The highest BCUT2D eigenvalue weighted by atomic mass is 32.2. The summed E-state index contributed by atoms with van der Waals surface area (Å²) in [5, 5.41) is 17.4. The monoisotopic (exact) mass is 389 g/mol. The first-order valence-electron chi connectivity index (χ1n) is 10.9. The summed E-state index contributed by atoms with van der Waals surface area (Å²) in [4.78, 5) is 10.6. The molecular formula is C21H43NO3S. The number of nitrogens with two attached hydrogens (primary N) is 1. The molecule has 0 heterocycles. The van der Waals surface area contributed by atoms with Gasteiger partial charge in [0.15, 0.2) is 0 Å². The van der Waals surface area contributed by atoms with Gasteiger partial charge in [-0.25, -0.2) is 0 Å². The molecule has 0 aromatic heterocycles. The zero-order valence-electron chi connectivity index (χ0n) is 16.8. The molecule has 0 unspecified atom stereocenters. The first-order valence-corrected chi connectivity index (χ1v) is 12.0. The Morgan fingerprint density at radius 1 is 0.692 bits per heavy atom. The molecule has 0 aromatic rings. The third-order valence-electron chi connectivity index (χ3n) is 4.81. The summed E-state index contributed by atoms with van der Waals surface area (Å²) in [6.07, 6.45) is 20.9. The number of aliphatic hydroxyl groups excluding tert-OH is 1. The summed E-state index contributed by atoms with van der Waals surface area (Å²) in [5.41, 5.74) is 5.47. The average Bonchev–Trinajstić information content (AvgIpc) is 2.63. The van der Waals surface area contributed by atoms with Crippen LogP contribution in [0.15, 0.2) is 0 Å². The van der Waals surface area contributed by atoms with E-state index >= 15 is 0 Å².